The van der Waals surface area contributed by atoms with E-state index in [0.717, 1.165) is 6.42 Å². The van der Waals surface area contributed by atoms with Gasteiger partial charge in [0.1, 0.15) is 0 Å². The molecule has 0 heterocycles. The highest BCUT2D eigenvalue weighted by Crippen LogP contribution is 1.95. The third-order valence-corrected chi connectivity index (χ3v) is 0.854. The maximum atomic E-state index is 9.76. The van der Waals surface area contributed by atoms with Crippen molar-refractivity contribution in [1.29, 1.82) is 0 Å². The predicted molar refractivity (Wildman–Crippen MR) is 37.5 cm³/mol. The molecule has 0 aromatic heterocycles. The molecule has 0 aromatic rings. The summed E-state index contributed by atoms with van der Waals surface area (Å²) in [5, 5.41) is 0. The van der Waals surface area contributed by atoms with Gasteiger partial charge in [-0.3, -0.25) is 0 Å². The van der Waals surface area contributed by atoms with E-state index >= 15 is 0 Å². The van der Waals surface area contributed by atoms with Gasteiger partial charge in [-0.05, 0) is 0 Å². The molecule has 0 nitrogen and oxygen atoms in total. The normalized spacial score (nSPS) is 7.11. The Hall–Kier alpha value is 0.626. The Bertz CT molecular complexity index is 30.2. The summed E-state index contributed by atoms with van der Waals surface area (Å²) in [5.41, 5.74) is 0. The molecular formula is C6H13F2Mg. The lowest BCUT2D eigenvalue weighted by Crippen LogP contribution is -1.66. The molecular weight excluding hydrogens is 134 g/mol. The van der Waals surface area contributed by atoms with Crippen molar-refractivity contribution >= 4 is 21.5 Å². The van der Waals surface area contributed by atoms with Crippen LogP contribution in [-0.4, -0.2) is 21.5 Å². The van der Waals surface area contributed by atoms with Gasteiger partial charge in [-0.2, -0.15) is 0 Å². The molecule has 0 N–H and O–H groups in total. The van der Waals surface area contributed by atoms with Gasteiger partial charge in [-0.1, -0.05) is 39.5 Å². The van der Waals surface area contributed by atoms with Gasteiger partial charge in [0.2, 0.25) is 0 Å². The molecule has 0 bridgehead atoms. The zero-order valence-electron chi connectivity index (χ0n) is 6.00. The van der Waals surface area contributed by atoms with Gasteiger partial charge >= 0.3 is 21.5 Å². The second kappa shape index (κ2) is 15.8. The van der Waals surface area contributed by atoms with E-state index in [1.807, 2.05) is 0 Å². The smallest absolute Gasteiger partial charge is 0.440 e. The summed E-state index contributed by atoms with van der Waals surface area (Å²) in [4.78, 5) is 0. The molecule has 0 aliphatic carbocycles. The molecule has 0 aliphatic rings. The summed E-state index contributed by atoms with van der Waals surface area (Å²) in [7, 11) is 0. The number of unbranched alkanes of at least 4 members (excludes halogenated alkanes) is 3. The lowest BCUT2D eigenvalue weighted by Gasteiger charge is -1.86. The first kappa shape index (κ1) is 12.3. The van der Waals surface area contributed by atoms with Crippen molar-refractivity contribution in [2.24, 2.45) is 0 Å². The van der Waals surface area contributed by atoms with E-state index in [1.54, 1.807) is 0 Å². The highest BCUT2D eigenvalue weighted by Gasteiger charge is 1.78. The Morgan fingerprint density at radius 2 is 1.78 bits per heavy atom. The molecule has 0 aliphatic heterocycles. The first-order chi connectivity index (χ1) is 4.33. The van der Waals surface area contributed by atoms with Gasteiger partial charge in [0, 0.05) is 0 Å². The quantitative estimate of drug-likeness (QED) is 0.425. The van der Waals surface area contributed by atoms with Gasteiger partial charge in [-0.15, -0.1) is 0 Å². The van der Waals surface area contributed by atoms with E-state index < -0.39 is 21.5 Å². The Morgan fingerprint density at radius 3 is 1.89 bits per heavy atom. The van der Waals surface area contributed by atoms with Crippen molar-refractivity contribution in [3.05, 3.63) is 6.92 Å². The minimum Gasteiger partial charge on any atom is -0.440 e. The van der Waals surface area contributed by atoms with E-state index in [-0.39, 0.29) is 0 Å². The first-order valence-electron chi connectivity index (χ1n) is 3.24. The van der Waals surface area contributed by atoms with Crippen molar-refractivity contribution in [2.75, 3.05) is 0 Å². The van der Waals surface area contributed by atoms with Crippen LogP contribution < -0.4 is 0 Å². The fourth-order valence-electron chi connectivity index (χ4n) is 0.427. The second-order valence-electron chi connectivity index (χ2n) is 1.66. The molecule has 3 heteroatoms. The van der Waals surface area contributed by atoms with Crippen LogP contribution in [0.1, 0.15) is 32.6 Å². The minimum absolute atomic E-state index is 1.10. The zero-order chi connectivity index (χ0) is 7.54. The molecule has 0 aromatic carbocycles. The topological polar surface area (TPSA) is 0 Å². The lowest BCUT2D eigenvalue weighted by atomic mass is 10.2. The molecule has 0 amide bonds. The summed E-state index contributed by atoms with van der Waals surface area (Å²) < 4.78 is 19.5. The van der Waals surface area contributed by atoms with E-state index in [0.29, 0.717) is 0 Å². The molecule has 0 saturated carbocycles. The standard InChI is InChI=1S/C6H13.2FH.Mg/c1-3-5-6-4-2;;;/h1,3-6H2,2H3;2*1H;/q;;;+2/p-2. The van der Waals surface area contributed by atoms with E-state index in [2.05, 4.69) is 13.8 Å². The van der Waals surface area contributed by atoms with E-state index in [4.69, 9.17) is 0 Å². The van der Waals surface area contributed by atoms with Crippen LogP contribution >= 0.6 is 0 Å². The van der Waals surface area contributed by atoms with Crippen LogP contribution in [0.2, 0.25) is 0 Å². The number of hydrogen-bond donors (Lipinski definition) is 0. The Balaban J connectivity index is 0. The highest BCUT2D eigenvalue weighted by atomic mass is 24.7. The van der Waals surface area contributed by atoms with Crippen LogP contribution in [0.5, 0.6) is 0 Å². The summed E-state index contributed by atoms with van der Waals surface area (Å²) >= 11 is -2.58. The fraction of sp³-hybridized carbons (Fsp3) is 0.833. The largest absolute Gasteiger partial charge is 0.879 e. The van der Waals surface area contributed by atoms with E-state index in [1.165, 1.54) is 19.3 Å². The number of hydrogen-bond acceptors (Lipinski definition) is 0. The van der Waals surface area contributed by atoms with Crippen molar-refractivity contribution in [3.63, 3.8) is 0 Å². The monoisotopic (exact) mass is 147 g/mol. The van der Waals surface area contributed by atoms with Crippen LogP contribution in [-0.2, 0) is 0 Å². The predicted octanol–water partition coefficient (Wildman–Crippen LogP) is 2.86. The fourth-order valence-corrected chi connectivity index (χ4v) is 0.427. The van der Waals surface area contributed by atoms with Gasteiger partial charge in [-0.25, -0.2) is 0 Å². The average molecular weight is 147 g/mol. The molecule has 0 saturated heterocycles. The Morgan fingerprint density at radius 1 is 1.33 bits per heavy atom. The minimum atomic E-state index is -2.58. The van der Waals surface area contributed by atoms with Crippen molar-refractivity contribution < 1.29 is 5.91 Å². The van der Waals surface area contributed by atoms with Gasteiger partial charge in [0.05, 0.1) is 0 Å². The molecule has 53 valence electrons. The molecule has 1 radical (unpaired) electrons. The summed E-state index contributed by atoms with van der Waals surface area (Å²) in [6.07, 6.45) is 5.07. The summed E-state index contributed by atoms with van der Waals surface area (Å²) in [5.74, 6) is 0. The molecule has 0 rings (SSSR count). The van der Waals surface area contributed by atoms with Crippen LogP contribution in [0.4, 0.5) is 5.91 Å². The van der Waals surface area contributed by atoms with Gasteiger partial charge in [0.25, 0.3) is 0 Å². The lowest BCUT2D eigenvalue weighted by molar-refractivity contribution is 0.712. The van der Waals surface area contributed by atoms with Crippen LogP contribution in [0.25, 0.3) is 0 Å². The second-order valence-corrected chi connectivity index (χ2v) is 1.86. The Labute approximate surface area is 67.2 Å². The summed E-state index contributed by atoms with van der Waals surface area (Å²) in [6.45, 7) is 5.93. The third kappa shape index (κ3) is 28.8. The molecule has 0 atom stereocenters. The molecule has 0 fully saturated rings. The molecule has 0 spiro atoms. The van der Waals surface area contributed by atoms with E-state index in [9.17, 15) is 5.91 Å². The van der Waals surface area contributed by atoms with Crippen LogP contribution in [0.15, 0.2) is 0 Å². The first-order valence-corrected chi connectivity index (χ1v) is 4.31. The van der Waals surface area contributed by atoms with Crippen LogP contribution in [0.3, 0.4) is 0 Å². The molecule has 0 unspecified atom stereocenters. The molecule has 9 heavy (non-hydrogen) atoms. The van der Waals surface area contributed by atoms with Gasteiger partial charge < -0.3 is 5.91 Å². The van der Waals surface area contributed by atoms with Crippen molar-refractivity contribution in [3.8, 4) is 0 Å². The Kier molecular flexibility index (Phi) is 21.7. The maximum Gasteiger partial charge on any atom is 0.879 e. The summed E-state index contributed by atoms with van der Waals surface area (Å²) in [6, 6.07) is 0. The number of rotatable bonds is 3. The highest BCUT2D eigenvalue weighted by molar-refractivity contribution is 6.15. The van der Waals surface area contributed by atoms with Gasteiger partial charge in [0.15, 0.2) is 0 Å². The SMILES string of the molecule is [CH2]CCCCC.[F][Mg][F]. The average Bonchev–Trinajstić information content (AvgIpc) is 1.86. The van der Waals surface area contributed by atoms with Crippen molar-refractivity contribution in [1.82, 2.24) is 0 Å². The zero-order valence-corrected chi connectivity index (χ0v) is 7.41. The maximum absolute atomic E-state index is 9.76. The third-order valence-electron chi connectivity index (χ3n) is 0.854. The number of halogens is 2. The van der Waals surface area contributed by atoms with Crippen molar-refractivity contribution in [2.45, 2.75) is 32.6 Å². The van der Waals surface area contributed by atoms with Crippen LogP contribution in [0, 0.1) is 6.92 Å².